The minimum Gasteiger partial charge on any atom is -0.465 e. The maximum Gasteiger partial charge on any atom is 0.325 e. The van der Waals surface area contributed by atoms with Gasteiger partial charge in [-0.1, -0.05) is 37.3 Å². The molecule has 1 aromatic carbocycles. The van der Waals surface area contributed by atoms with Gasteiger partial charge in [0.1, 0.15) is 6.54 Å². The molecule has 4 heteroatoms. The first kappa shape index (κ1) is 15.5. The van der Waals surface area contributed by atoms with E-state index in [1.165, 1.54) is 0 Å². The molecule has 1 fully saturated rings. The Morgan fingerprint density at radius 2 is 1.95 bits per heavy atom. The first-order valence-corrected chi connectivity index (χ1v) is 7.60. The van der Waals surface area contributed by atoms with Gasteiger partial charge in [0.25, 0.3) is 0 Å². The van der Waals surface area contributed by atoms with E-state index >= 15 is 0 Å². The van der Waals surface area contributed by atoms with Gasteiger partial charge in [0.2, 0.25) is 5.91 Å². The summed E-state index contributed by atoms with van der Waals surface area (Å²) < 4.78 is 4.98. The van der Waals surface area contributed by atoms with Crippen molar-refractivity contribution in [3.8, 4) is 0 Å². The first-order valence-electron chi connectivity index (χ1n) is 7.60. The lowest BCUT2D eigenvalue weighted by molar-refractivity contribution is -0.150. The Bertz CT molecular complexity index is 482. The van der Waals surface area contributed by atoms with E-state index in [0.717, 1.165) is 18.4 Å². The number of ether oxygens (including phenoxy) is 1. The van der Waals surface area contributed by atoms with Gasteiger partial charge in [0, 0.05) is 12.5 Å². The molecule has 2 rings (SSSR count). The van der Waals surface area contributed by atoms with Gasteiger partial charge in [-0.25, -0.2) is 0 Å². The Kier molecular flexibility index (Phi) is 5.37. The standard InChI is InChI=1S/C17H23NO3/c1-3-21-16(19)12-18(11-14-7-5-4-6-8-14)17(20)13(2)15-9-10-15/h4-8,13,15H,3,9-12H2,1-2H3. The Hall–Kier alpha value is -1.84. The van der Waals surface area contributed by atoms with Gasteiger partial charge in [-0.2, -0.15) is 0 Å². The molecule has 1 atom stereocenters. The van der Waals surface area contributed by atoms with Crippen LogP contribution in [0, 0.1) is 11.8 Å². The first-order chi connectivity index (χ1) is 10.1. The van der Waals surface area contributed by atoms with Crippen LogP contribution in [0.3, 0.4) is 0 Å². The van der Waals surface area contributed by atoms with Gasteiger partial charge >= 0.3 is 5.97 Å². The largest absolute Gasteiger partial charge is 0.465 e. The van der Waals surface area contributed by atoms with Crippen LogP contribution in [-0.2, 0) is 20.9 Å². The molecule has 114 valence electrons. The lowest BCUT2D eigenvalue weighted by Gasteiger charge is -2.25. The van der Waals surface area contributed by atoms with Crippen molar-refractivity contribution in [1.29, 1.82) is 0 Å². The van der Waals surface area contributed by atoms with Crippen LogP contribution >= 0.6 is 0 Å². The third-order valence-electron chi connectivity index (χ3n) is 3.87. The highest BCUT2D eigenvalue weighted by molar-refractivity contribution is 5.83. The smallest absolute Gasteiger partial charge is 0.325 e. The van der Waals surface area contributed by atoms with Gasteiger partial charge in [-0.15, -0.1) is 0 Å². The predicted molar refractivity (Wildman–Crippen MR) is 80.4 cm³/mol. The van der Waals surface area contributed by atoms with Gasteiger partial charge < -0.3 is 9.64 Å². The molecule has 0 heterocycles. The average molecular weight is 289 g/mol. The Balaban J connectivity index is 2.05. The fourth-order valence-electron chi connectivity index (χ4n) is 2.46. The predicted octanol–water partition coefficient (Wildman–Crippen LogP) is 2.62. The van der Waals surface area contributed by atoms with Crippen LogP contribution < -0.4 is 0 Å². The number of rotatable bonds is 7. The molecule has 0 aromatic heterocycles. The number of esters is 1. The molecule has 1 unspecified atom stereocenters. The van der Waals surface area contributed by atoms with E-state index in [1.54, 1.807) is 11.8 Å². The van der Waals surface area contributed by atoms with E-state index in [2.05, 4.69) is 0 Å². The second-order valence-electron chi connectivity index (χ2n) is 5.61. The van der Waals surface area contributed by atoms with Crippen molar-refractivity contribution in [2.24, 2.45) is 11.8 Å². The normalized spacial score (nSPS) is 15.3. The summed E-state index contributed by atoms with van der Waals surface area (Å²) in [7, 11) is 0. The molecule has 21 heavy (non-hydrogen) atoms. The Morgan fingerprint density at radius 3 is 2.52 bits per heavy atom. The summed E-state index contributed by atoms with van der Waals surface area (Å²) in [5.74, 6) is 0.181. The zero-order valence-electron chi connectivity index (χ0n) is 12.7. The summed E-state index contributed by atoms with van der Waals surface area (Å²) in [5, 5.41) is 0. The van der Waals surface area contributed by atoms with Crippen molar-refractivity contribution < 1.29 is 14.3 Å². The van der Waals surface area contributed by atoms with Gasteiger partial charge in [-0.05, 0) is 31.2 Å². The van der Waals surface area contributed by atoms with Crippen molar-refractivity contribution in [1.82, 2.24) is 4.90 Å². The highest BCUT2D eigenvalue weighted by Gasteiger charge is 2.35. The second kappa shape index (κ2) is 7.25. The van der Waals surface area contributed by atoms with Crippen molar-refractivity contribution in [2.45, 2.75) is 33.2 Å². The zero-order chi connectivity index (χ0) is 15.2. The molecule has 1 aliphatic carbocycles. The third kappa shape index (κ3) is 4.59. The number of hydrogen-bond acceptors (Lipinski definition) is 3. The van der Waals surface area contributed by atoms with Crippen LogP contribution in [0.2, 0.25) is 0 Å². The molecule has 4 nitrogen and oxygen atoms in total. The Morgan fingerprint density at radius 1 is 1.29 bits per heavy atom. The molecular weight excluding hydrogens is 266 g/mol. The highest BCUT2D eigenvalue weighted by atomic mass is 16.5. The molecule has 1 aromatic rings. The molecule has 0 saturated heterocycles. The molecule has 0 radical (unpaired) electrons. The van der Waals surface area contributed by atoms with E-state index in [1.807, 2.05) is 37.3 Å². The van der Waals surface area contributed by atoms with Crippen LogP contribution in [0.1, 0.15) is 32.3 Å². The Labute approximate surface area is 126 Å². The van der Waals surface area contributed by atoms with E-state index in [0.29, 0.717) is 19.1 Å². The van der Waals surface area contributed by atoms with Gasteiger partial charge in [-0.3, -0.25) is 9.59 Å². The lowest BCUT2D eigenvalue weighted by Crippen LogP contribution is -2.39. The molecule has 0 bridgehead atoms. The number of hydrogen-bond donors (Lipinski definition) is 0. The molecule has 1 aliphatic rings. The van der Waals surface area contributed by atoms with Gasteiger partial charge in [0.05, 0.1) is 6.61 Å². The number of carbonyl (C=O) groups excluding carboxylic acids is 2. The maximum atomic E-state index is 12.6. The zero-order valence-corrected chi connectivity index (χ0v) is 12.7. The van der Waals surface area contributed by atoms with E-state index in [-0.39, 0.29) is 24.3 Å². The van der Waals surface area contributed by atoms with Crippen LogP contribution in [0.25, 0.3) is 0 Å². The van der Waals surface area contributed by atoms with Crippen molar-refractivity contribution >= 4 is 11.9 Å². The van der Waals surface area contributed by atoms with E-state index in [4.69, 9.17) is 4.74 Å². The summed E-state index contributed by atoms with van der Waals surface area (Å²) in [5.41, 5.74) is 1.03. The van der Waals surface area contributed by atoms with Crippen LogP contribution in [0.4, 0.5) is 0 Å². The fraction of sp³-hybridized carbons (Fsp3) is 0.529. The molecule has 0 aliphatic heterocycles. The summed E-state index contributed by atoms with van der Waals surface area (Å²) >= 11 is 0. The quantitative estimate of drug-likeness (QED) is 0.725. The fourth-order valence-corrected chi connectivity index (χ4v) is 2.46. The highest BCUT2D eigenvalue weighted by Crippen LogP contribution is 2.37. The topological polar surface area (TPSA) is 46.6 Å². The van der Waals surface area contributed by atoms with E-state index < -0.39 is 0 Å². The minimum atomic E-state index is -0.343. The van der Waals surface area contributed by atoms with Crippen molar-refractivity contribution in [3.05, 3.63) is 35.9 Å². The van der Waals surface area contributed by atoms with Crippen LogP contribution in [0.5, 0.6) is 0 Å². The number of benzene rings is 1. The number of amides is 1. The third-order valence-corrected chi connectivity index (χ3v) is 3.87. The second-order valence-corrected chi connectivity index (χ2v) is 5.61. The minimum absolute atomic E-state index is 0.0110. The number of carbonyl (C=O) groups is 2. The van der Waals surface area contributed by atoms with Crippen molar-refractivity contribution in [3.63, 3.8) is 0 Å². The monoisotopic (exact) mass is 289 g/mol. The average Bonchev–Trinajstić information content (AvgIpc) is 3.31. The molecular formula is C17H23NO3. The summed E-state index contributed by atoms with van der Waals surface area (Å²) in [6.07, 6.45) is 2.23. The summed E-state index contributed by atoms with van der Waals surface area (Å²) in [4.78, 5) is 25.9. The van der Waals surface area contributed by atoms with Crippen LogP contribution in [-0.4, -0.2) is 29.9 Å². The summed E-state index contributed by atoms with van der Waals surface area (Å²) in [6.45, 7) is 4.55. The molecule has 0 spiro atoms. The van der Waals surface area contributed by atoms with E-state index in [9.17, 15) is 9.59 Å². The van der Waals surface area contributed by atoms with Gasteiger partial charge in [0.15, 0.2) is 0 Å². The SMILES string of the molecule is CCOC(=O)CN(Cc1ccccc1)C(=O)C(C)C1CC1. The van der Waals surface area contributed by atoms with Crippen molar-refractivity contribution in [2.75, 3.05) is 13.2 Å². The lowest BCUT2D eigenvalue weighted by atomic mass is 10.0. The molecule has 1 saturated carbocycles. The maximum absolute atomic E-state index is 12.6. The molecule has 0 N–H and O–H groups in total. The number of nitrogens with zero attached hydrogens (tertiary/aromatic N) is 1. The summed E-state index contributed by atoms with van der Waals surface area (Å²) in [6, 6.07) is 9.74. The van der Waals surface area contributed by atoms with Crippen LogP contribution in [0.15, 0.2) is 30.3 Å². The molecule has 1 amide bonds.